The Hall–Kier alpha value is -0.820. The molecule has 1 aromatic carbocycles. The number of anilines is 1. The molecule has 2 N–H and O–H groups in total. The fraction of sp³-hybridized carbons (Fsp3) is 0.455. The van der Waals surface area contributed by atoms with Crippen molar-refractivity contribution in [1.29, 1.82) is 0 Å². The van der Waals surface area contributed by atoms with Gasteiger partial charge < -0.3 is 5.32 Å². The van der Waals surface area contributed by atoms with Crippen LogP contribution in [0.25, 0.3) is 0 Å². The van der Waals surface area contributed by atoms with Gasteiger partial charge in [-0.3, -0.25) is 4.72 Å². The lowest BCUT2D eigenvalue weighted by Crippen LogP contribution is -2.48. The highest BCUT2D eigenvalue weighted by molar-refractivity contribution is 7.90. The van der Waals surface area contributed by atoms with Crippen molar-refractivity contribution in [2.45, 2.75) is 6.92 Å². The van der Waals surface area contributed by atoms with Crippen LogP contribution in [-0.4, -0.2) is 38.9 Å². The third kappa shape index (κ3) is 3.14. The van der Waals surface area contributed by atoms with Crippen molar-refractivity contribution >= 4 is 27.5 Å². The molecule has 0 radical (unpaired) electrons. The Balaban J connectivity index is 2.18. The van der Waals surface area contributed by atoms with Gasteiger partial charge in [0.15, 0.2) is 0 Å². The zero-order valence-electron chi connectivity index (χ0n) is 10.1. The second kappa shape index (κ2) is 5.44. The predicted octanol–water partition coefficient (Wildman–Crippen LogP) is 1.21. The number of aryl methyl sites for hydroxylation is 1. The molecule has 1 aromatic rings. The number of halogens is 1. The van der Waals surface area contributed by atoms with Crippen molar-refractivity contribution in [2.24, 2.45) is 0 Å². The Kier molecular flexibility index (Phi) is 4.11. The molecule has 0 unspecified atom stereocenters. The summed E-state index contributed by atoms with van der Waals surface area (Å²) in [6, 6.07) is 5.15. The van der Waals surface area contributed by atoms with E-state index in [-0.39, 0.29) is 0 Å². The van der Waals surface area contributed by atoms with Gasteiger partial charge in [-0.15, -0.1) is 0 Å². The molecule has 100 valence electrons. The van der Waals surface area contributed by atoms with E-state index in [1.807, 2.05) is 6.92 Å². The highest BCUT2D eigenvalue weighted by Gasteiger charge is 2.23. The lowest BCUT2D eigenvalue weighted by atomic mass is 10.2. The van der Waals surface area contributed by atoms with Crippen molar-refractivity contribution in [3.8, 4) is 0 Å². The summed E-state index contributed by atoms with van der Waals surface area (Å²) in [5.41, 5.74) is 1.37. The third-order valence-electron chi connectivity index (χ3n) is 2.85. The number of piperazine rings is 1. The summed E-state index contributed by atoms with van der Waals surface area (Å²) in [4.78, 5) is 0. The highest BCUT2D eigenvalue weighted by atomic mass is 35.5. The third-order valence-corrected chi connectivity index (χ3v) is 4.61. The molecule has 1 heterocycles. The average Bonchev–Trinajstić information content (AvgIpc) is 2.35. The van der Waals surface area contributed by atoms with Gasteiger partial charge in [0.2, 0.25) is 0 Å². The van der Waals surface area contributed by atoms with Gasteiger partial charge in [-0.2, -0.15) is 12.7 Å². The van der Waals surface area contributed by atoms with E-state index in [1.165, 1.54) is 4.31 Å². The van der Waals surface area contributed by atoms with Gasteiger partial charge in [-0.25, -0.2) is 0 Å². The maximum Gasteiger partial charge on any atom is 0.301 e. The Morgan fingerprint density at radius 1 is 1.33 bits per heavy atom. The van der Waals surface area contributed by atoms with Crippen molar-refractivity contribution in [3.63, 3.8) is 0 Å². The second-order valence-electron chi connectivity index (χ2n) is 4.22. The van der Waals surface area contributed by atoms with Crippen molar-refractivity contribution in [3.05, 3.63) is 28.8 Å². The van der Waals surface area contributed by atoms with Crippen LogP contribution in [0.3, 0.4) is 0 Å². The normalized spacial score (nSPS) is 17.7. The van der Waals surface area contributed by atoms with Crippen LogP contribution in [0.1, 0.15) is 5.56 Å². The van der Waals surface area contributed by atoms with Crippen molar-refractivity contribution in [2.75, 3.05) is 30.9 Å². The maximum atomic E-state index is 12.2. The molecule has 2 rings (SSSR count). The Morgan fingerprint density at radius 3 is 2.67 bits per heavy atom. The summed E-state index contributed by atoms with van der Waals surface area (Å²) < 4.78 is 28.3. The molecule has 18 heavy (non-hydrogen) atoms. The first-order valence-electron chi connectivity index (χ1n) is 5.74. The van der Waals surface area contributed by atoms with Crippen molar-refractivity contribution in [1.82, 2.24) is 9.62 Å². The van der Waals surface area contributed by atoms with Gasteiger partial charge in [0, 0.05) is 31.2 Å². The highest BCUT2D eigenvalue weighted by Crippen LogP contribution is 2.22. The second-order valence-corrected chi connectivity index (χ2v) is 6.32. The zero-order chi connectivity index (χ0) is 13.2. The van der Waals surface area contributed by atoms with E-state index in [4.69, 9.17) is 11.6 Å². The number of hydrogen-bond donors (Lipinski definition) is 2. The van der Waals surface area contributed by atoms with Crippen LogP contribution in [0, 0.1) is 6.92 Å². The molecule has 0 atom stereocenters. The molecular formula is C11H16ClN3O2S. The van der Waals surface area contributed by atoms with Crippen LogP contribution in [0.2, 0.25) is 5.02 Å². The lowest BCUT2D eigenvalue weighted by Gasteiger charge is -2.27. The lowest BCUT2D eigenvalue weighted by molar-refractivity contribution is 0.362. The number of nitrogens with zero attached hydrogens (tertiary/aromatic N) is 1. The number of hydrogen-bond acceptors (Lipinski definition) is 3. The van der Waals surface area contributed by atoms with Gasteiger partial charge in [-0.05, 0) is 24.6 Å². The van der Waals surface area contributed by atoms with E-state index in [2.05, 4.69) is 10.0 Å². The summed E-state index contributed by atoms with van der Waals surface area (Å²) in [7, 11) is -3.49. The fourth-order valence-electron chi connectivity index (χ4n) is 1.79. The Bertz CT molecular complexity index is 527. The molecule has 1 aliphatic rings. The van der Waals surface area contributed by atoms with Crippen LogP contribution >= 0.6 is 11.6 Å². The largest absolute Gasteiger partial charge is 0.314 e. The minimum absolute atomic E-state index is 0.481. The summed E-state index contributed by atoms with van der Waals surface area (Å²) in [6.07, 6.45) is 0. The predicted molar refractivity (Wildman–Crippen MR) is 73.2 cm³/mol. The molecule has 5 nitrogen and oxygen atoms in total. The summed E-state index contributed by atoms with van der Waals surface area (Å²) in [6.45, 7) is 4.15. The van der Waals surface area contributed by atoms with E-state index >= 15 is 0 Å². The summed E-state index contributed by atoms with van der Waals surface area (Å²) in [5, 5.41) is 3.63. The van der Waals surface area contributed by atoms with Crippen LogP contribution in [0.15, 0.2) is 18.2 Å². The van der Waals surface area contributed by atoms with Crippen molar-refractivity contribution < 1.29 is 8.42 Å². The molecule has 7 heteroatoms. The van der Waals surface area contributed by atoms with E-state index < -0.39 is 10.2 Å². The quantitative estimate of drug-likeness (QED) is 0.879. The summed E-state index contributed by atoms with van der Waals surface area (Å²) in [5.74, 6) is 0. The van der Waals surface area contributed by atoms with Gasteiger partial charge >= 0.3 is 10.2 Å². The standard InChI is InChI=1S/C11H16ClN3O2S/c1-9-2-3-10(12)8-11(9)14-18(16,17)15-6-4-13-5-7-15/h2-3,8,13-14H,4-7H2,1H3. The van der Waals surface area contributed by atoms with E-state index in [0.29, 0.717) is 36.9 Å². The Labute approximate surface area is 112 Å². The minimum atomic E-state index is -3.49. The molecule has 1 saturated heterocycles. The SMILES string of the molecule is Cc1ccc(Cl)cc1NS(=O)(=O)N1CCNCC1. The van der Waals surface area contributed by atoms with Crippen LogP contribution in [0.4, 0.5) is 5.69 Å². The molecular weight excluding hydrogens is 274 g/mol. The van der Waals surface area contributed by atoms with Crippen LogP contribution in [0.5, 0.6) is 0 Å². The van der Waals surface area contributed by atoms with Gasteiger partial charge in [0.05, 0.1) is 5.69 Å². The molecule has 0 spiro atoms. The monoisotopic (exact) mass is 289 g/mol. The zero-order valence-corrected chi connectivity index (χ0v) is 11.7. The number of rotatable bonds is 3. The smallest absolute Gasteiger partial charge is 0.301 e. The topological polar surface area (TPSA) is 61.4 Å². The minimum Gasteiger partial charge on any atom is -0.314 e. The maximum absolute atomic E-state index is 12.2. The molecule has 0 aliphatic carbocycles. The van der Waals surface area contributed by atoms with Gasteiger partial charge in [-0.1, -0.05) is 17.7 Å². The average molecular weight is 290 g/mol. The van der Waals surface area contributed by atoms with Crippen LogP contribution in [-0.2, 0) is 10.2 Å². The van der Waals surface area contributed by atoms with E-state index in [9.17, 15) is 8.42 Å². The van der Waals surface area contributed by atoms with Gasteiger partial charge in [0.1, 0.15) is 0 Å². The molecule has 0 bridgehead atoms. The van der Waals surface area contributed by atoms with Gasteiger partial charge in [0.25, 0.3) is 0 Å². The first-order valence-corrected chi connectivity index (χ1v) is 7.55. The summed E-state index contributed by atoms with van der Waals surface area (Å²) >= 11 is 5.87. The molecule has 0 aromatic heterocycles. The number of nitrogens with one attached hydrogen (secondary N) is 2. The fourth-order valence-corrected chi connectivity index (χ4v) is 3.25. The van der Waals surface area contributed by atoms with Crippen LogP contribution < -0.4 is 10.0 Å². The number of benzene rings is 1. The molecule has 0 saturated carbocycles. The first-order chi connectivity index (χ1) is 8.49. The first kappa shape index (κ1) is 13.6. The molecule has 1 aliphatic heterocycles. The van der Waals surface area contributed by atoms with E-state index in [1.54, 1.807) is 18.2 Å². The van der Waals surface area contributed by atoms with E-state index in [0.717, 1.165) is 5.56 Å². The molecule has 1 fully saturated rings. The Morgan fingerprint density at radius 2 is 2.00 bits per heavy atom. The molecule has 0 amide bonds.